The molecule has 7 aromatic carbocycles. The van der Waals surface area contributed by atoms with E-state index in [2.05, 4.69) is 192 Å². The van der Waals surface area contributed by atoms with E-state index in [1.807, 2.05) is 0 Å². The van der Waals surface area contributed by atoms with Crippen LogP contribution in [0.4, 0.5) is 11.4 Å². The van der Waals surface area contributed by atoms with Crippen molar-refractivity contribution in [1.29, 1.82) is 0 Å². The van der Waals surface area contributed by atoms with Gasteiger partial charge in [-0.05, 0) is 104 Å². The Morgan fingerprint density at radius 1 is 0.517 bits per heavy atom. The van der Waals surface area contributed by atoms with Crippen molar-refractivity contribution in [2.75, 3.05) is 4.81 Å². The molecule has 1 aliphatic carbocycles. The number of aromatic nitrogens is 1. The number of furan rings is 2. The summed E-state index contributed by atoms with van der Waals surface area (Å²) in [6.45, 7) is 18.3. The van der Waals surface area contributed by atoms with Crippen LogP contribution in [0.5, 0.6) is 0 Å². The van der Waals surface area contributed by atoms with Crippen LogP contribution in [0.15, 0.2) is 136 Å². The molecule has 60 heavy (non-hydrogen) atoms. The molecule has 2 aliphatic heterocycles. The van der Waals surface area contributed by atoms with E-state index in [0.29, 0.717) is 0 Å². The van der Waals surface area contributed by atoms with E-state index in [1.54, 1.807) is 0 Å². The van der Waals surface area contributed by atoms with Gasteiger partial charge in [0.2, 0.25) is 0 Å². The van der Waals surface area contributed by atoms with Gasteiger partial charge in [-0.3, -0.25) is 0 Å². The Bertz CT molecular complexity index is 3540. The van der Waals surface area contributed by atoms with Crippen molar-refractivity contribution in [3.8, 4) is 27.9 Å². The molecule has 4 nitrogen and oxygen atoms in total. The van der Waals surface area contributed by atoms with Gasteiger partial charge in [0.15, 0.2) is 0 Å². The molecule has 0 spiro atoms. The topological polar surface area (TPSA) is 34.5 Å². The first kappa shape index (κ1) is 34.4. The predicted octanol–water partition coefficient (Wildman–Crippen LogP) is 13.6. The van der Waals surface area contributed by atoms with E-state index >= 15 is 0 Å². The van der Waals surface area contributed by atoms with E-state index in [9.17, 15) is 0 Å². The van der Waals surface area contributed by atoms with E-state index in [-0.39, 0.29) is 23.1 Å². The third-order valence-corrected chi connectivity index (χ3v) is 14.3. The predicted molar refractivity (Wildman–Crippen MR) is 252 cm³/mol. The number of rotatable bonds is 1. The molecule has 0 atom stereocenters. The summed E-state index contributed by atoms with van der Waals surface area (Å²) in [5, 5.41) is 5.88. The van der Waals surface area contributed by atoms with Gasteiger partial charge in [0.1, 0.15) is 22.4 Å². The van der Waals surface area contributed by atoms with Crippen LogP contribution in [0.25, 0.3) is 82.7 Å². The molecule has 0 bridgehead atoms. The number of nitrogens with zero attached hydrogens (tertiary/aromatic N) is 2. The van der Waals surface area contributed by atoms with Gasteiger partial charge >= 0.3 is 6.85 Å². The first-order chi connectivity index (χ1) is 28.8. The fourth-order valence-electron chi connectivity index (χ4n) is 11.2. The van der Waals surface area contributed by atoms with Crippen LogP contribution in [-0.2, 0) is 16.2 Å². The van der Waals surface area contributed by atoms with Gasteiger partial charge in [-0.25, -0.2) is 0 Å². The molecule has 3 aliphatic rings. The second-order valence-electron chi connectivity index (χ2n) is 20.2. The smallest absolute Gasteiger partial charge is 0.375 e. The van der Waals surface area contributed by atoms with Crippen molar-refractivity contribution < 1.29 is 8.83 Å². The molecule has 5 heterocycles. The quantitative estimate of drug-likeness (QED) is 0.156. The maximum atomic E-state index is 7.34. The molecular weight excluding hydrogens is 731 g/mol. The van der Waals surface area contributed by atoms with E-state index in [4.69, 9.17) is 8.83 Å². The summed E-state index contributed by atoms with van der Waals surface area (Å²) in [6, 6.07) is 48.0. The van der Waals surface area contributed by atoms with Crippen LogP contribution in [0.1, 0.15) is 77.6 Å². The Morgan fingerprint density at radius 2 is 1.25 bits per heavy atom. The van der Waals surface area contributed by atoms with Crippen molar-refractivity contribution in [2.45, 2.75) is 71.6 Å². The number of anilines is 2. The standard InChI is InChI=1S/C55H45BN2O2/c1-53(2,3)30-17-20-32(21-18-30)58-45-28-43-37(33-13-9-11-15-42(33)55(43,7)8)26-38(45)35-22-23-36-39-27-40-34-14-10-12-16-46(34)59-48(40)29-44(39)57-50(36)49(35)56(58)52-51(57)41-25-31(54(4,5)6)19-24-47(41)60-52/h9-29H,1-8H3. The molecule has 0 saturated heterocycles. The third kappa shape index (κ3) is 4.27. The van der Waals surface area contributed by atoms with Crippen LogP contribution >= 0.6 is 0 Å². The highest BCUT2D eigenvalue weighted by molar-refractivity contribution is 6.93. The lowest BCUT2D eigenvalue weighted by Gasteiger charge is -2.41. The summed E-state index contributed by atoms with van der Waals surface area (Å²) in [5.74, 6) is 0. The number of hydrogen-bond donors (Lipinski definition) is 0. The SMILES string of the molecule is CC(C)(C)c1ccc(N2B3c4oc5ccc(C(C)(C)C)cc5c4-n4c5cc6oc7ccccc7c6cc5c5ccc(c3c54)-c3cc4c(cc32)C(C)(C)c2ccccc2-4)cc1. The maximum absolute atomic E-state index is 7.34. The van der Waals surface area contributed by atoms with Gasteiger partial charge in [0.25, 0.3) is 0 Å². The molecule has 0 radical (unpaired) electrons. The van der Waals surface area contributed by atoms with Crippen molar-refractivity contribution in [3.63, 3.8) is 0 Å². The number of hydrogen-bond acceptors (Lipinski definition) is 3. The van der Waals surface area contributed by atoms with Crippen LogP contribution < -0.4 is 15.9 Å². The second kappa shape index (κ2) is 11.0. The van der Waals surface area contributed by atoms with Crippen LogP contribution in [0.2, 0.25) is 0 Å². The van der Waals surface area contributed by atoms with Gasteiger partial charge in [-0.15, -0.1) is 0 Å². The molecule has 290 valence electrons. The molecule has 5 heteroatoms. The molecule has 0 amide bonds. The molecule has 10 aromatic rings. The normalized spacial score (nSPS) is 15.1. The summed E-state index contributed by atoms with van der Waals surface area (Å²) in [7, 11) is 0. The average Bonchev–Trinajstić information content (AvgIpc) is 3.95. The van der Waals surface area contributed by atoms with Gasteiger partial charge in [0, 0.05) is 55.4 Å². The zero-order valence-corrected chi connectivity index (χ0v) is 35.4. The van der Waals surface area contributed by atoms with Gasteiger partial charge < -0.3 is 18.2 Å². The molecule has 0 saturated carbocycles. The van der Waals surface area contributed by atoms with Crippen LogP contribution in [0.3, 0.4) is 0 Å². The molecule has 13 rings (SSSR count). The van der Waals surface area contributed by atoms with E-state index in [1.165, 1.54) is 71.9 Å². The summed E-state index contributed by atoms with van der Waals surface area (Å²) in [6.07, 6.45) is 0. The number of benzene rings is 7. The van der Waals surface area contributed by atoms with Crippen LogP contribution in [0, 0.1) is 0 Å². The Balaban J connectivity index is 1.20. The Hall–Kier alpha value is -6.46. The zero-order valence-electron chi connectivity index (χ0n) is 35.4. The lowest BCUT2D eigenvalue weighted by molar-refractivity contribution is 0.590. The zero-order chi connectivity index (χ0) is 40.8. The fraction of sp³-hybridized carbons (Fsp3) is 0.200. The minimum Gasteiger partial charge on any atom is -0.466 e. The minimum atomic E-state index is -0.220. The highest BCUT2D eigenvalue weighted by Gasteiger charge is 2.48. The highest BCUT2D eigenvalue weighted by Crippen LogP contribution is 2.55. The van der Waals surface area contributed by atoms with Gasteiger partial charge in [-0.2, -0.15) is 0 Å². The second-order valence-corrected chi connectivity index (χ2v) is 20.2. The molecule has 0 unspecified atom stereocenters. The molecule has 0 fully saturated rings. The number of para-hydroxylation sites is 1. The minimum absolute atomic E-state index is 0.0285. The summed E-state index contributed by atoms with van der Waals surface area (Å²) < 4.78 is 16.5. The summed E-state index contributed by atoms with van der Waals surface area (Å²) >= 11 is 0. The van der Waals surface area contributed by atoms with Crippen molar-refractivity contribution in [3.05, 3.63) is 150 Å². The first-order valence-corrected chi connectivity index (χ1v) is 21.5. The van der Waals surface area contributed by atoms with Crippen molar-refractivity contribution in [1.82, 2.24) is 4.57 Å². The Morgan fingerprint density at radius 3 is 2.05 bits per heavy atom. The fourth-order valence-corrected chi connectivity index (χ4v) is 11.2. The lowest BCUT2D eigenvalue weighted by Crippen LogP contribution is -2.60. The third-order valence-electron chi connectivity index (χ3n) is 14.3. The maximum Gasteiger partial charge on any atom is 0.375 e. The largest absolute Gasteiger partial charge is 0.466 e. The average molecular weight is 777 g/mol. The van der Waals surface area contributed by atoms with Gasteiger partial charge in [-0.1, -0.05) is 128 Å². The monoisotopic (exact) mass is 776 g/mol. The highest BCUT2D eigenvalue weighted by atomic mass is 16.3. The van der Waals surface area contributed by atoms with E-state index in [0.717, 1.165) is 55.5 Å². The summed E-state index contributed by atoms with van der Waals surface area (Å²) in [5.41, 5.74) is 21.2. The van der Waals surface area contributed by atoms with E-state index < -0.39 is 0 Å². The Kier molecular flexibility index (Phi) is 6.32. The summed E-state index contributed by atoms with van der Waals surface area (Å²) in [4.78, 5) is 2.61. The molecule has 0 N–H and O–H groups in total. The first-order valence-electron chi connectivity index (χ1n) is 21.5. The number of fused-ring (bicyclic) bond motifs is 16. The van der Waals surface area contributed by atoms with Crippen LogP contribution in [-0.4, -0.2) is 11.4 Å². The molecular formula is C55H45BN2O2. The van der Waals surface area contributed by atoms with Crippen molar-refractivity contribution >= 4 is 84.1 Å². The molecule has 3 aromatic heterocycles. The Labute approximate surface area is 350 Å². The van der Waals surface area contributed by atoms with Crippen molar-refractivity contribution in [2.24, 2.45) is 0 Å². The lowest BCUT2D eigenvalue weighted by atomic mass is 9.46. The van der Waals surface area contributed by atoms with Gasteiger partial charge in [0.05, 0.1) is 16.7 Å².